The summed E-state index contributed by atoms with van der Waals surface area (Å²) < 4.78 is 6.99. The fourth-order valence-corrected chi connectivity index (χ4v) is 3.60. The molecular formula is C21H24N4O. The quantitative estimate of drug-likeness (QED) is 0.735. The largest absolute Gasteiger partial charge is 0.497 e. The maximum atomic E-state index is 5.20. The number of aromatic nitrogens is 3. The lowest BCUT2D eigenvalue weighted by molar-refractivity contribution is 0.414. The number of hydrogen-bond acceptors (Lipinski definition) is 4. The Bertz CT molecular complexity index is 872. The molecule has 1 aliphatic carbocycles. The van der Waals surface area contributed by atoms with Gasteiger partial charge in [0.1, 0.15) is 11.4 Å². The monoisotopic (exact) mass is 348 g/mol. The molecule has 0 saturated heterocycles. The summed E-state index contributed by atoms with van der Waals surface area (Å²) in [6.07, 6.45) is 5.83. The van der Waals surface area contributed by atoms with Crippen molar-refractivity contribution in [2.75, 3.05) is 12.4 Å². The maximum absolute atomic E-state index is 5.20. The van der Waals surface area contributed by atoms with E-state index < -0.39 is 0 Å². The minimum absolute atomic E-state index is 0.570. The molecule has 5 nitrogen and oxygen atoms in total. The van der Waals surface area contributed by atoms with E-state index in [2.05, 4.69) is 46.8 Å². The standard InChI is InChI=1S/C21H24N4O/c1-15-5-3-8-20(15)22-17-7-4-6-16(13-17)21-14-25(24-23-21)18-9-11-19(26-2)12-10-18/h4,6-7,9-15,20,22H,3,5,8H2,1-2H3. The van der Waals surface area contributed by atoms with E-state index in [1.807, 2.05) is 30.5 Å². The molecule has 0 aliphatic heterocycles. The molecule has 1 N–H and O–H groups in total. The number of rotatable bonds is 5. The number of methoxy groups -OCH3 is 1. The van der Waals surface area contributed by atoms with Gasteiger partial charge >= 0.3 is 0 Å². The van der Waals surface area contributed by atoms with Crippen LogP contribution in [0.5, 0.6) is 5.75 Å². The number of nitrogens with zero attached hydrogens (tertiary/aromatic N) is 3. The van der Waals surface area contributed by atoms with Crippen LogP contribution in [0.1, 0.15) is 26.2 Å². The van der Waals surface area contributed by atoms with Gasteiger partial charge in [0.2, 0.25) is 0 Å². The van der Waals surface area contributed by atoms with Gasteiger partial charge in [-0.1, -0.05) is 30.7 Å². The van der Waals surface area contributed by atoms with Gasteiger partial charge in [-0.3, -0.25) is 0 Å². The maximum Gasteiger partial charge on any atom is 0.119 e. The van der Waals surface area contributed by atoms with Gasteiger partial charge in [0.25, 0.3) is 0 Å². The summed E-state index contributed by atoms with van der Waals surface area (Å²) in [4.78, 5) is 0. The van der Waals surface area contributed by atoms with Gasteiger partial charge in [0, 0.05) is 17.3 Å². The Kier molecular flexibility index (Phi) is 4.61. The van der Waals surface area contributed by atoms with Crippen molar-refractivity contribution in [2.45, 2.75) is 32.2 Å². The van der Waals surface area contributed by atoms with E-state index in [4.69, 9.17) is 4.74 Å². The molecule has 0 bridgehead atoms. The van der Waals surface area contributed by atoms with E-state index in [-0.39, 0.29) is 0 Å². The predicted octanol–water partition coefficient (Wildman–Crippen LogP) is 4.54. The Morgan fingerprint density at radius 3 is 2.69 bits per heavy atom. The molecule has 2 unspecified atom stereocenters. The summed E-state index contributed by atoms with van der Waals surface area (Å²) in [5.41, 5.74) is 4.04. The first-order valence-electron chi connectivity index (χ1n) is 9.17. The average Bonchev–Trinajstić information content (AvgIpc) is 3.32. The molecule has 1 aliphatic rings. The molecule has 2 aromatic carbocycles. The summed E-state index contributed by atoms with van der Waals surface area (Å²) in [6, 6.07) is 16.8. The van der Waals surface area contributed by atoms with Crippen molar-refractivity contribution in [3.63, 3.8) is 0 Å². The van der Waals surface area contributed by atoms with Crippen LogP contribution in [0.3, 0.4) is 0 Å². The van der Waals surface area contributed by atoms with Crippen molar-refractivity contribution in [1.82, 2.24) is 15.0 Å². The van der Waals surface area contributed by atoms with E-state index in [9.17, 15) is 0 Å². The van der Waals surface area contributed by atoms with Crippen LogP contribution in [0, 0.1) is 5.92 Å². The number of anilines is 1. The topological polar surface area (TPSA) is 52.0 Å². The van der Waals surface area contributed by atoms with E-state index in [1.165, 1.54) is 19.3 Å². The normalized spacial score (nSPS) is 19.5. The zero-order chi connectivity index (χ0) is 17.9. The van der Waals surface area contributed by atoms with Crippen molar-refractivity contribution in [3.05, 3.63) is 54.7 Å². The Morgan fingerprint density at radius 2 is 1.96 bits per heavy atom. The third-order valence-electron chi connectivity index (χ3n) is 5.20. The molecule has 0 spiro atoms. The summed E-state index contributed by atoms with van der Waals surface area (Å²) in [5, 5.41) is 12.3. The zero-order valence-corrected chi connectivity index (χ0v) is 15.2. The van der Waals surface area contributed by atoms with Crippen LogP contribution in [0.15, 0.2) is 54.7 Å². The molecule has 1 aromatic heterocycles. The second kappa shape index (κ2) is 7.20. The summed E-state index contributed by atoms with van der Waals surface area (Å²) >= 11 is 0. The van der Waals surface area contributed by atoms with E-state index in [0.29, 0.717) is 6.04 Å². The third kappa shape index (κ3) is 3.43. The highest BCUT2D eigenvalue weighted by Gasteiger charge is 2.23. The number of nitrogens with one attached hydrogen (secondary N) is 1. The van der Waals surface area contributed by atoms with Crippen LogP contribution in [0.4, 0.5) is 5.69 Å². The Hall–Kier alpha value is -2.82. The minimum Gasteiger partial charge on any atom is -0.497 e. The SMILES string of the molecule is COc1ccc(-n2cc(-c3cccc(NC4CCCC4C)c3)nn2)cc1. The molecule has 5 heteroatoms. The molecule has 2 atom stereocenters. The number of ether oxygens (including phenoxy) is 1. The van der Waals surface area contributed by atoms with Crippen LogP contribution in [-0.4, -0.2) is 28.1 Å². The van der Waals surface area contributed by atoms with Crippen LogP contribution >= 0.6 is 0 Å². The van der Waals surface area contributed by atoms with Crippen LogP contribution < -0.4 is 10.1 Å². The summed E-state index contributed by atoms with van der Waals surface area (Å²) in [5.74, 6) is 1.56. The molecule has 3 aromatic rings. The number of benzene rings is 2. The van der Waals surface area contributed by atoms with Crippen LogP contribution in [-0.2, 0) is 0 Å². The molecule has 1 heterocycles. The molecule has 0 amide bonds. The fourth-order valence-electron chi connectivity index (χ4n) is 3.60. The third-order valence-corrected chi connectivity index (χ3v) is 5.20. The average molecular weight is 348 g/mol. The molecular weight excluding hydrogens is 324 g/mol. The van der Waals surface area contributed by atoms with Gasteiger partial charge in [-0.15, -0.1) is 5.10 Å². The van der Waals surface area contributed by atoms with Crippen LogP contribution in [0.2, 0.25) is 0 Å². The Balaban J connectivity index is 1.54. The lowest BCUT2D eigenvalue weighted by Gasteiger charge is -2.19. The lowest BCUT2D eigenvalue weighted by Crippen LogP contribution is -2.21. The lowest BCUT2D eigenvalue weighted by atomic mass is 10.1. The van der Waals surface area contributed by atoms with Crippen molar-refractivity contribution in [2.24, 2.45) is 5.92 Å². The zero-order valence-electron chi connectivity index (χ0n) is 15.2. The van der Waals surface area contributed by atoms with E-state index >= 15 is 0 Å². The highest BCUT2D eigenvalue weighted by molar-refractivity contribution is 5.64. The molecule has 26 heavy (non-hydrogen) atoms. The second-order valence-corrected chi connectivity index (χ2v) is 6.99. The smallest absolute Gasteiger partial charge is 0.119 e. The van der Waals surface area contributed by atoms with Gasteiger partial charge in [0.05, 0.1) is 19.0 Å². The van der Waals surface area contributed by atoms with Crippen molar-refractivity contribution >= 4 is 5.69 Å². The summed E-state index contributed by atoms with van der Waals surface area (Å²) in [6.45, 7) is 2.33. The minimum atomic E-state index is 0.570. The van der Waals surface area contributed by atoms with Gasteiger partial charge in [-0.2, -0.15) is 0 Å². The summed E-state index contributed by atoms with van der Waals surface area (Å²) in [7, 11) is 1.66. The first-order chi connectivity index (χ1) is 12.7. The molecule has 0 radical (unpaired) electrons. The Morgan fingerprint density at radius 1 is 1.12 bits per heavy atom. The van der Waals surface area contributed by atoms with Crippen LogP contribution in [0.25, 0.3) is 16.9 Å². The van der Waals surface area contributed by atoms with Gasteiger partial charge in [0.15, 0.2) is 0 Å². The van der Waals surface area contributed by atoms with Crippen molar-refractivity contribution < 1.29 is 4.74 Å². The Labute approximate surface area is 154 Å². The van der Waals surface area contributed by atoms with E-state index in [1.54, 1.807) is 11.8 Å². The molecule has 1 fully saturated rings. The first kappa shape index (κ1) is 16.6. The fraction of sp³-hybridized carbons (Fsp3) is 0.333. The second-order valence-electron chi connectivity index (χ2n) is 6.99. The highest BCUT2D eigenvalue weighted by Crippen LogP contribution is 2.29. The van der Waals surface area contributed by atoms with Gasteiger partial charge in [-0.25, -0.2) is 4.68 Å². The molecule has 4 rings (SSSR count). The molecule has 1 saturated carbocycles. The first-order valence-corrected chi connectivity index (χ1v) is 9.17. The predicted molar refractivity (Wildman–Crippen MR) is 104 cm³/mol. The number of hydrogen-bond donors (Lipinski definition) is 1. The molecule has 134 valence electrons. The highest BCUT2D eigenvalue weighted by atomic mass is 16.5. The van der Waals surface area contributed by atoms with Crippen molar-refractivity contribution in [3.8, 4) is 22.7 Å². The van der Waals surface area contributed by atoms with E-state index in [0.717, 1.165) is 34.3 Å². The van der Waals surface area contributed by atoms with Crippen molar-refractivity contribution in [1.29, 1.82) is 0 Å². The van der Waals surface area contributed by atoms with Gasteiger partial charge < -0.3 is 10.1 Å². The van der Waals surface area contributed by atoms with Gasteiger partial charge in [-0.05, 0) is 55.2 Å².